The number of aromatic nitrogens is 20. The van der Waals surface area contributed by atoms with E-state index in [1.54, 1.807) is 147 Å². The standard InChI is InChI=1S/C21H29N5O5.2C20H27N5O4.C19H25N5O3.C18H22ClN5O2/c1-13(9-14-10-15(29-4)18(31-6)16(11-14)30-5)22-7-8-26-12-23-19-17(26)20(27)25(3)21(28)24(19)2;1-13(10-14-6-7-15(28-4)16(11-14)29-5)21-8-9-25-12-22-18-17(25)19(26)24(3)20(27)23(18)2;1-13(11-14-7-6-8-15(28-4)17(14)29-5)21-9-10-25-12-22-18-16(25)19(26)24(3)20(27)23(18)2;1-13(10-14-6-5-7-15(11-14)27-4)20-8-9-24-12-21-17-16(24)18(25)23(3)19(26)22(17)2;1-12(10-13-4-6-14(19)7-5-13)20-8-9-24-11-21-16-15(24)17(25)23(3)18(26)22(16)2/h10-13,22H,7-9H2,1-6H3;6-7,11-13,21H,8-10H2,1-5H3;6-8,12-13,21H,9-11H2,1-5H3;5-7,11-13,20H,8-10H2,1-4H3;4-7,11-12,20H,8-10H2,1-3H3. The summed E-state index contributed by atoms with van der Waals surface area (Å²) in [6.45, 7) is 16.7. The first-order valence-corrected chi connectivity index (χ1v) is 46.5. The third-order valence-electron chi connectivity index (χ3n) is 24.7. The van der Waals surface area contributed by atoms with Crippen molar-refractivity contribution in [3.8, 4) is 46.0 Å². The van der Waals surface area contributed by atoms with Crippen LogP contribution in [0.2, 0.25) is 5.02 Å². The molecule has 43 nitrogen and oxygen atoms in total. The molecule has 15 rings (SSSR count). The number of nitrogens with zero attached hydrogens (tertiary/aromatic N) is 20. The summed E-state index contributed by atoms with van der Waals surface area (Å²) >= 11 is 5.91. The van der Waals surface area contributed by atoms with Crippen LogP contribution in [0.3, 0.4) is 0 Å². The number of nitrogens with one attached hydrogen (secondary N) is 5. The lowest BCUT2D eigenvalue weighted by Crippen LogP contribution is -2.38. The van der Waals surface area contributed by atoms with Gasteiger partial charge in [-0.3, -0.25) is 69.6 Å². The molecule has 0 bridgehead atoms. The molecule has 5 atom stereocenters. The van der Waals surface area contributed by atoms with Gasteiger partial charge in [-0.25, -0.2) is 48.9 Å². The summed E-state index contributed by atoms with van der Waals surface area (Å²) in [6.07, 6.45) is 12.1. The molecule has 0 aliphatic carbocycles. The largest absolute Gasteiger partial charge is 0.497 e. The van der Waals surface area contributed by atoms with E-state index in [4.69, 9.17) is 49.5 Å². The highest BCUT2D eigenvalue weighted by Gasteiger charge is 2.24. The summed E-state index contributed by atoms with van der Waals surface area (Å²) < 4.78 is 64.3. The molecule has 5 unspecified atom stereocenters. The van der Waals surface area contributed by atoms with Crippen LogP contribution >= 0.6 is 11.6 Å². The zero-order chi connectivity index (χ0) is 103. The molecule has 0 saturated heterocycles. The molecule has 5 N–H and O–H groups in total. The Hall–Kier alpha value is -14.7. The third kappa shape index (κ3) is 24.8. The van der Waals surface area contributed by atoms with Gasteiger partial charge in [0.15, 0.2) is 90.3 Å². The highest BCUT2D eigenvalue weighted by Crippen LogP contribution is 2.39. The molecule has 5 aromatic carbocycles. The number of methoxy groups -OCH3 is 8. The fourth-order valence-electron chi connectivity index (χ4n) is 16.9. The fraction of sp³-hybridized carbons (Fsp3) is 0.439. The summed E-state index contributed by atoms with van der Waals surface area (Å²) in [7, 11) is 28.4. The van der Waals surface area contributed by atoms with Crippen molar-refractivity contribution in [1.82, 2.24) is 120 Å². The smallest absolute Gasteiger partial charge is 0.332 e. The number of imidazole rings is 5. The lowest BCUT2D eigenvalue weighted by Gasteiger charge is -2.17. The maximum atomic E-state index is 12.5. The Labute approximate surface area is 822 Å². The average molecular weight is 1980 g/mol. The van der Waals surface area contributed by atoms with Crippen LogP contribution in [0, 0.1) is 0 Å². The second-order valence-electron chi connectivity index (χ2n) is 34.7. The maximum Gasteiger partial charge on any atom is 0.332 e. The van der Waals surface area contributed by atoms with Gasteiger partial charge in [0.05, 0.1) is 88.5 Å². The Kier molecular flexibility index (Phi) is 37.2. The molecule has 44 heteroatoms. The summed E-state index contributed by atoms with van der Waals surface area (Å²) in [6, 6.07) is 32.6. The molecule has 0 radical (unpaired) electrons. The Morgan fingerprint density at radius 1 is 0.275 bits per heavy atom. The molecule has 10 heterocycles. The molecule has 0 amide bonds. The highest BCUT2D eigenvalue weighted by atomic mass is 35.5. The van der Waals surface area contributed by atoms with Gasteiger partial charge < -0.3 is 87.3 Å². The third-order valence-corrected chi connectivity index (χ3v) is 25.0. The Bertz CT molecular complexity index is 7580. The number of para-hydroxylation sites is 1. The first-order valence-electron chi connectivity index (χ1n) is 46.2. The summed E-state index contributed by atoms with van der Waals surface area (Å²) in [5.41, 5.74) is 6.27. The van der Waals surface area contributed by atoms with E-state index in [9.17, 15) is 47.9 Å². The molecule has 0 aliphatic heterocycles. The molecule has 762 valence electrons. The predicted octanol–water partition coefficient (Wildman–Crippen LogP) is 3.99. The van der Waals surface area contributed by atoms with Crippen LogP contribution in [-0.2, 0) is 135 Å². The van der Waals surface area contributed by atoms with Gasteiger partial charge in [0.25, 0.3) is 27.8 Å². The molecular formula is C98H130ClN25O18. The highest BCUT2D eigenvalue weighted by molar-refractivity contribution is 6.30. The molecule has 10 aromatic heterocycles. The van der Waals surface area contributed by atoms with E-state index in [2.05, 4.69) is 92.2 Å². The van der Waals surface area contributed by atoms with Crippen molar-refractivity contribution in [2.75, 3.05) is 89.6 Å². The Morgan fingerprint density at radius 3 is 0.866 bits per heavy atom. The number of benzene rings is 5. The minimum absolute atomic E-state index is 0.157. The number of halogens is 1. The second-order valence-corrected chi connectivity index (χ2v) is 35.2. The molecule has 0 spiro atoms. The van der Waals surface area contributed by atoms with E-state index in [0.29, 0.717) is 156 Å². The lowest BCUT2D eigenvalue weighted by atomic mass is 10.1. The predicted molar refractivity (Wildman–Crippen MR) is 547 cm³/mol. The maximum absolute atomic E-state index is 12.5. The second kappa shape index (κ2) is 49.0. The number of aryl methyl sites for hydroxylation is 5. The molecule has 0 saturated carbocycles. The van der Waals surface area contributed by atoms with Crippen molar-refractivity contribution < 1.29 is 37.9 Å². The minimum Gasteiger partial charge on any atom is -0.497 e. The van der Waals surface area contributed by atoms with E-state index < -0.39 is 0 Å². The average Bonchev–Trinajstić information content (AvgIpc) is 1.63. The number of hydrogen-bond donors (Lipinski definition) is 5. The van der Waals surface area contributed by atoms with Gasteiger partial charge in [0.1, 0.15) is 5.75 Å². The zero-order valence-electron chi connectivity index (χ0n) is 84.8. The Balaban J connectivity index is 0.000000170. The summed E-state index contributed by atoms with van der Waals surface area (Å²) in [5.74, 6) is 5.54. The first-order chi connectivity index (χ1) is 67.9. The van der Waals surface area contributed by atoms with Crippen LogP contribution in [0.1, 0.15) is 62.4 Å². The van der Waals surface area contributed by atoms with Crippen molar-refractivity contribution in [2.24, 2.45) is 70.5 Å². The van der Waals surface area contributed by atoms with Crippen LogP contribution in [0.25, 0.3) is 55.8 Å². The number of fused-ring (bicyclic) bond motifs is 5. The number of rotatable bonds is 38. The Morgan fingerprint density at radius 2 is 0.556 bits per heavy atom. The fourth-order valence-corrected chi connectivity index (χ4v) is 17.0. The zero-order valence-corrected chi connectivity index (χ0v) is 85.5. The molecular weight excluding hydrogens is 1850 g/mol. The van der Waals surface area contributed by atoms with Gasteiger partial charge in [0, 0.05) is 171 Å². The van der Waals surface area contributed by atoms with Crippen LogP contribution in [-0.4, -0.2) is 213 Å². The van der Waals surface area contributed by atoms with Crippen molar-refractivity contribution in [3.05, 3.63) is 266 Å². The van der Waals surface area contributed by atoms with Crippen molar-refractivity contribution in [1.29, 1.82) is 0 Å². The summed E-state index contributed by atoms with van der Waals surface area (Å²) in [5, 5.41) is 18.0. The van der Waals surface area contributed by atoms with Crippen molar-refractivity contribution >= 4 is 67.4 Å². The van der Waals surface area contributed by atoms with E-state index in [0.717, 1.165) is 88.2 Å². The summed E-state index contributed by atoms with van der Waals surface area (Å²) in [4.78, 5) is 144. The van der Waals surface area contributed by atoms with Crippen LogP contribution < -0.4 is 121 Å². The van der Waals surface area contributed by atoms with Crippen molar-refractivity contribution in [2.45, 2.75) is 130 Å². The SMILES string of the molecule is CC(Cc1ccc(Cl)cc1)NCCn1cnc2c1c(=O)n(C)c(=O)n2C.COc1cc(CC(C)NCCn2cnc3c2c(=O)n(C)c(=O)n3C)cc(OC)c1OC.COc1ccc(CC(C)NCCn2cnc3c2c(=O)n(C)c(=O)n3C)cc1OC.COc1cccc(CC(C)NCCn2cnc3c2c(=O)n(C)c(=O)n3C)c1.COc1cccc(CC(C)NCCn2cnc3c2c(=O)n(C)c(=O)n3C)c1OC. The van der Waals surface area contributed by atoms with E-state index in [1.165, 1.54) is 69.2 Å². The molecule has 0 aliphatic rings. The van der Waals surface area contributed by atoms with Gasteiger partial charge >= 0.3 is 28.4 Å². The number of ether oxygens (including phenoxy) is 8. The lowest BCUT2D eigenvalue weighted by molar-refractivity contribution is 0.323. The normalized spacial score (nSPS) is 12.4. The van der Waals surface area contributed by atoms with Gasteiger partial charge in [0.2, 0.25) is 5.75 Å². The quantitative estimate of drug-likeness (QED) is 0.0365. The van der Waals surface area contributed by atoms with Gasteiger partial charge in [-0.05, 0) is 149 Å². The van der Waals surface area contributed by atoms with Gasteiger partial charge in [-0.2, -0.15) is 0 Å². The van der Waals surface area contributed by atoms with E-state index in [-0.39, 0.29) is 86.5 Å². The van der Waals surface area contributed by atoms with Crippen LogP contribution in [0.5, 0.6) is 46.0 Å². The topological polar surface area (TPSA) is 443 Å². The molecule has 0 fully saturated rings. The first kappa shape index (κ1) is 108. The van der Waals surface area contributed by atoms with E-state index >= 15 is 0 Å². The van der Waals surface area contributed by atoms with Gasteiger partial charge in [-0.1, -0.05) is 54.1 Å². The molecule has 15 aromatic rings. The number of hydrogen-bond acceptors (Lipinski definition) is 28. The monoisotopic (exact) mass is 1980 g/mol. The van der Waals surface area contributed by atoms with Crippen LogP contribution in [0.4, 0.5) is 0 Å². The van der Waals surface area contributed by atoms with Crippen LogP contribution in [0.15, 0.2) is 177 Å². The van der Waals surface area contributed by atoms with Gasteiger partial charge in [-0.15, -0.1) is 0 Å². The molecule has 142 heavy (non-hydrogen) atoms. The van der Waals surface area contributed by atoms with E-state index in [1.807, 2.05) is 91.0 Å². The van der Waals surface area contributed by atoms with Crippen molar-refractivity contribution in [3.63, 3.8) is 0 Å². The minimum atomic E-state index is -0.389.